The summed E-state index contributed by atoms with van der Waals surface area (Å²) in [6, 6.07) is 0. The minimum absolute atomic E-state index is 0.0833. The first kappa shape index (κ1) is 10.1. The van der Waals surface area contributed by atoms with Crippen molar-refractivity contribution in [1.82, 2.24) is 0 Å². The fraction of sp³-hybridized carbons (Fsp3) is 1.00. The lowest BCUT2D eigenvalue weighted by Crippen LogP contribution is -2.33. The van der Waals surface area contributed by atoms with E-state index in [0.717, 1.165) is 5.54 Å². The summed E-state index contributed by atoms with van der Waals surface area (Å²) < 4.78 is 10.3. The van der Waals surface area contributed by atoms with E-state index in [-0.39, 0.29) is 5.91 Å². The third-order valence-electron chi connectivity index (χ3n) is 1.95. The lowest BCUT2D eigenvalue weighted by molar-refractivity contribution is -0.0475. The van der Waals surface area contributed by atoms with Crippen molar-refractivity contribution in [1.29, 1.82) is 0 Å². The lowest BCUT2D eigenvalue weighted by Gasteiger charge is -2.22. The van der Waals surface area contributed by atoms with E-state index in [1.54, 1.807) is 14.2 Å². The van der Waals surface area contributed by atoms with Crippen LogP contribution in [-0.4, -0.2) is 28.9 Å². The molecule has 62 valence electrons. The summed E-state index contributed by atoms with van der Waals surface area (Å²) in [5.74, 6) is 0.0833. The van der Waals surface area contributed by atoms with E-state index < -0.39 is 8.80 Å². The van der Waals surface area contributed by atoms with Crippen molar-refractivity contribution in [2.75, 3.05) is 14.2 Å². The maximum Gasteiger partial charge on any atom is 0.137 e. The Morgan fingerprint density at radius 3 is 1.60 bits per heavy atom. The van der Waals surface area contributed by atoms with Crippen molar-refractivity contribution < 1.29 is 9.47 Å². The molecule has 1 atom stereocenters. The van der Waals surface area contributed by atoms with E-state index >= 15 is 0 Å². The lowest BCUT2D eigenvalue weighted by atomic mass is 10.6. The number of ether oxygens (including phenoxy) is 2. The minimum Gasteiger partial charge on any atom is -0.360 e. The number of rotatable bonds is 4. The molecule has 0 aliphatic rings. The summed E-state index contributed by atoms with van der Waals surface area (Å²) in [6.45, 7) is 6.71. The van der Waals surface area contributed by atoms with E-state index in [2.05, 4.69) is 20.4 Å². The van der Waals surface area contributed by atoms with Crippen molar-refractivity contribution in [3.8, 4) is 0 Å². The molecule has 0 radical (unpaired) electrons. The standard InChI is InChI=1S/C7H18O2Si/c1-6(2)10(5)7(8-3)9-4/h6-7,10H,1-5H3. The summed E-state index contributed by atoms with van der Waals surface area (Å²) in [5, 5.41) is 0. The Balaban J connectivity index is 3.76. The van der Waals surface area contributed by atoms with Crippen LogP contribution in [0, 0.1) is 0 Å². The molecule has 1 unspecified atom stereocenters. The van der Waals surface area contributed by atoms with Gasteiger partial charge in [-0.15, -0.1) is 0 Å². The van der Waals surface area contributed by atoms with Crippen LogP contribution >= 0.6 is 0 Å². The van der Waals surface area contributed by atoms with Gasteiger partial charge in [0.2, 0.25) is 0 Å². The molecular formula is C7H18O2Si. The van der Waals surface area contributed by atoms with Gasteiger partial charge in [0.1, 0.15) is 14.7 Å². The molecule has 0 amide bonds. The largest absolute Gasteiger partial charge is 0.360 e. The Morgan fingerprint density at radius 1 is 1.10 bits per heavy atom. The normalized spacial score (nSPS) is 14.7. The highest BCUT2D eigenvalue weighted by molar-refractivity contribution is 6.59. The van der Waals surface area contributed by atoms with Crippen LogP contribution in [0.4, 0.5) is 0 Å². The third-order valence-corrected chi connectivity index (χ3v) is 5.45. The number of hydrogen-bond donors (Lipinski definition) is 0. The Kier molecular flexibility index (Phi) is 4.94. The molecule has 0 aromatic rings. The molecule has 0 spiro atoms. The van der Waals surface area contributed by atoms with Crippen molar-refractivity contribution in [2.24, 2.45) is 0 Å². The first-order chi connectivity index (χ1) is 4.63. The highest BCUT2D eigenvalue weighted by Crippen LogP contribution is 2.12. The van der Waals surface area contributed by atoms with Gasteiger partial charge in [0.15, 0.2) is 0 Å². The fourth-order valence-corrected chi connectivity index (χ4v) is 2.33. The van der Waals surface area contributed by atoms with Crippen LogP contribution in [0.2, 0.25) is 12.1 Å². The summed E-state index contributed by atoms with van der Waals surface area (Å²) in [4.78, 5) is 0. The van der Waals surface area contributed by atoms with Gasteiger partial charge in [-0.25, -0.2) is 0 Å². The average Bonchev–Trinajstić information content (AvgIpc) is 1.90. The van der Waals surface area contributed by atoms with Gasteiger partial charge in [0, 0.05) is 14.2 Å². The van der Waals surface area contributed by atoms with E-state index in [0.29, 0.717) is 0 Å². The van der Waals surface area contributed by atoms with E-state index in [4.69, 9.17) is 9.47 Å². The minimum atomic E-state index is -0.835. The molecule has 0 saturated carbocycles. The van der Waals surface area contributed by atoms with Crippen LogP contribution in [0.1, 0.15) is 13.8 Å². The van der Waals surface area contributed by atoms with Gasteiger partial charge in [0.05, 0.1) is 0 Å². The van der Waals surface area contributed by atoms with Crippen molar-refractivity contribution in [3.63, 3.8) is 0 Å². The number of hydrogen-bond acceptors (Lipinski definition) is 2. The quantitative estimate of drug-likeness (QED) is 0.460. The van der Waals surface area contributed by atoms with Crippen molar-refractivity contribution in [3.05, 3.63) is 0 Å². The second-order valence-corrected chi connectivity index (χ2v) is 6.54. The predicted molar refractivity (Wildman–Crippen MR) is 45.9 cm³/mol. The Morgan fingerprint density at radius 2 is 1.50 bits per heavy atom. The van der Waals surface area contributed by atoms with Crippen LogP contribution in [0.15, 0.2) is 0 Å². The molecule has 0 saturated heterocycles. The van der Waals surface area contributed by atoms with Crippen molar-refractivity contribution >= 4 is 8.80 Å². The molecule has 0 aromatic heterocycles. The van der Waals surface area contributed by atoms with Gasteiger partial charge >= 0.3 is 0 Å². The maximum absolute atomic E-state index is 5.16. The van der Waals surface area contributed by atoms with Gasteiger partial charge in [-0.05, 0) is 5.54 Å². The zero-order valence-electron chi connectivity index (χ0n) is 7.55. The van der Waals surface area contributed by atoms with Crippen LogP contribution in [0.5, 0.6) is 0 Å². The molecule has 0 bridgehead atoms. The van der Waals surface area contributed by atoms with Gasteiger partial charge in [-0.1, -0.05) is 20.4 Å². The van der Waals surface area contributed by atoms with Gasteiger partial charge in [-0.2, -0.15) is 0 Å². The summed E-state index contributed by atoms with van der Waals surface area (Å²) in [5.41, 5.74) is 0.741. The van der Waals surface area contributed by atoms with Crippen LogP contribution in [0.25, 0.3) is 0 Å². The van der Waals surface area contributed by atoms with Crippen LogP contribution < -0.4 is 0 Å². The van der Waals surface area contributed by atoms with Crippen LogP contribution in [0.3, 0.4) is 0 Å². The van der Waals surface area contributed by atoms with Gasteiger partial charge in [-0.3, -0.25) is 0 Å². The van der Waals surface area contributed by atoms with E-state index in [1.165, 1.54) is 0 Å². The molecule has 3 heteroatoms. The summed E-state index contributed by atoms with van der Waals surface area (Å²) in [7, 11) is 2.58. The summed E-state index contributed by atoms with van der Waals surface area (Å²) >= 11 is 0. The smallest absolute Gasteiger partial charge is 0.137 e. The highest BCUT2D eigenvalue weighted by Gasteiger charge is 2.20. The van der Waals surface area contributed by atoms with Gasteiger partial charge in [0.25, 0.3) is 0 Å². The van der Waals surface area contributed by atoms with Crippen molar-refractivity contribution in [2.45, 2.75) is 31.8 Å². The highest BCUT2D eigenvalue weighted by atomic mass is 28.3. The molecule has 0 rings (SSSR count). The fourth-order valence-electron chi connectivity index (χ4n) is 0.840. The zero-order valence-corrected chi connectivity index (χ0v) is 8.70. The molecule has 0 aliphatic carbocycles. The monoisotopic (exact) mass is 162 g/mol. The van der Waals surface area contributed by atoms with Crippen LogP contribution in [-0.2, 0) is 9.47 Å². The molecule has 0 aliphatic heterocycles. The first-order valence-electron chi connectivity index (χ1n) is 3.69. The SMILES string of the molecule is COC(OC)[SiH](C)C(C)C. The predicted octanol–water partition coefficient (Wildman–Crippen LogP) is 1.41. The topological polar surface area (TPSA) is 18.5 Å². The zero-order chi connectivity index (χ0) is 8.15. The summed E-state index contributed by atoms with van der Waals surface area (Å²) in [6.07, 6.45) is 0. The second-order valence-electron chi connectivity index (χ2n) is 2.94. The Hall–Kier alpha value is 0.137. The maximum atomic E-state index is 5.16. The Bertz CT molecular complexity index is 81.7. The molecule has 2 nitrogen and oxygen atoms in total. The first-order valence-corrected chi connectivity index (χ1v) is 6.17. The molecular weight excluding hydrogens is 144 g/mol. The van der Waals surface area contributed by atoms with E-state index in [9.17, 15) is 0 Å². The molecule has 0 heterocycles. The molecule has 0 aromatic carbocycles. The van der Waals surface area contributed by atoms with Gasteiger partial charge < -0.3 is 9.47 Å². The third kappa shape index (κ3) is 2.81. The molecule has 0 fully saturated rings. The molecule has 10 heavy (non-hydrogen) atoms. The molecule has 0 N–H and O–H groups in total. The average molecular weight is 162 g/mol. The van der Waals surface area contributed by atoms with E-state index in [1.807, 2.05) is 0 Å². The Labute approximate surface area is 65.1 Å². The number of methoxy groups -OCH3 is 2. The second kappa shape index (κ2) is 4.88.